The van der Waals surface area contributed by atoms with Crippen LogP contribution in [0.1, 0.15) is 101 Å². The first-order valence-electron chi connectivity index (χ1n) is 14.2. The van der Waals surface area contributed by atoms with Crippen molar-refractivity contribution in [3.63, 3.8) is 0 Å². The molecule has 0 aliphatic carbocycles. The molecule has 1 unspecified atom stereocenters. The first-order chi connectivity index (χ1) is 19.6. The summed E-state index contributed by atoms with van der Waals surface area (Å²) in [6, 6.07) is 12.9. The molecule has 2 aromatic carbocycles. The summed E-state index contributed by atoms with van der Waals surface area (Å²) in [6.07, 6.45) is 5.59. The lowest BCUT2D eigenvalue weighted by atomic mass is 9.99. The second-order valence-electron chi connectivity index (χ2n) is 11.4. The number of carbonyl (C=O) groups excluding carboxylic acids is 2. The van der Waals surface area contributed by atoms with Crippen LogP contribution in [0.5, 0.6) is 5.75 Å². The number of hydrogen-bond acceptors (Lipinski definition) is 7. The van der Waals surface area contributed by atoms with Crippen molar-refractivity contribution in [2.45, 2.75) is 90.7 Å². The number of hydrogen-bond donors (Lipinski definition) is 0. The maximum atomic E-state index is 13.2. The van der Waals surface area contributed by atoms with Crippen LogP contribution in [0.4, 0.5) is 0 Å². The molecule has 0 saturated heterocycles. The highest BCUT2D eigenvalue weighted by Gasteiger charge is 2.30. The van der Waals surface area contributed by atoms with E-state index < -0.39 is 11.6 Å². The van der Waals surface area contributed by atoms with Crippen LogP contribution in [-0.4, -0.2) is 44.9 Å². The number of halogens is 1. The Balaban J connectivity index is 1.45. The highest BCUT2D eigenvalue weighted by molar-refractivity contribution is 6.30. The fourth-order valence-corrected chi connectivity index (χ4v) is 5.13. The van der Waals surface area contributed by atoms with Crippen molar-refractivity contribution in [3.05, 3.63) is 70.3 Å². The first-order valence-corrected chi connectivity index (χ1v) is 14.6. The van der Waals surface area contributed by atoms with E-state index in [1.165, 1.54) is 0 Å². The topological polar surface area (TPSA) is 95.7 Å². The molecule has 0 saturated carbocycles. The maximum Gasteiger partial charge on any atom is 0.306 e. The number of esters is 1. The Labute approximate surface area is 247 Å². The van der Waals surface area contributed by atoms with Crippen LogP contribution in [0.2, 0.25) is 5.02 Å². The second-order valence-corrected chi connectivity index (χ2v) is 11.9. The lowest BCUT2D eigenvalue weighted by molar-refractivity contribution is -0.154. The average molecular weight is 579 g/mol. The van der Waals surface area contributed by atoms with E-state index in [2.05, 4.69) is 10.2 Å². The number of aromatic nitrogens is 3. The van der Waals surface area contributed by atoms with Gasteiger partial charge in [0.1, 0.15) is 29.0 Å². The molecule has 218 valence electrons. The number of benzene rings is 2. The zero-order valence-corrected chi connectivity index (χ0v) is 25.3. The van der Waals surface area contributed by atoms with Crippen molar-refractivity contribution >= 4 is 29.1 Å². The van der Waals surface area contributed by atoms with E-state index in [0.29, 0.717) is 29.4 Å². The third kappa shape index (κ3) is 8.03. The van der Waals surface area contributed by atoms with E-state index in [1.807, 2.05) is 74.7 Å². The predicted molar refractivity (Wildman–Crippen MR) is 160 cm³/mol. The Kier molecular flexibility index (Phi) is 9.97. The van der Waals surface area contributed by atoms with E-state index in [-0.39, 0.29) is 18.2 Å². The van der Waals surface area contributed by atoms with Crippen molar-refractivity contribution in [2.24, 2.45) is 4.99 Å². The van der Waals surface area contributed by atoms with Gasteiger partial charge in [-0.2, -0.15) is 0 Å². The number of Topliss-reactive ketones (excluding diaryl/α,β-unsaturated/α-hetero) is 1. The molecule has 0 amide bonds. The van der Waals surface area contributed by atoms with Gasteiger partial charge in [-0.3, -0.25) is 19.1 Å². The number of aryl methyl sites for hydroxylation is 1. The monoisotopic (exact) mass is 578 g/mol. The number of fused-ring (bicyclic) bond motifs is 3. The van der Waals surface area contributed by atoms with Crippen molar-refractivity contribution in [2.75, 3.05) is 7.11 Å². The molecule has 1 atom stereocenters. The molecule has 1 aromatic heterocycles. The van der Waals surface area contributed by atoms with Gasteiger partial charge < -0.3 is 9.47 Å². The highest BCUT2D eigenvalue weighted by atomic mass is 35.5. The van der Waals surface area contributed by atoms with Gasteiger partial charge in [0, 0.05) is 35.4 Å². The number of aliphatic imine (C=N–C) groups is 1. The normalized spacial score (nSPS) is 14.5. The van der Waals surface area contributed by atoms with Crippen molar-refractivity contribution in [1.82, 2.24) is 14.8 Å². The zero-order chi connectivity index (χ0) is 29.6. The summed E-state index contributed by atoms with van der Waals surface area (Å²) >= 11 is 6.18. The molecular weight excluding hydrogens is 540 g/mol. The lowest BCUT2D eigenvalue weighted by Gasteiger charge is -2.19. The fourth-order valence-electron chi connectivity index (χ4n) is 5.01. The molecule has 1 aliphatic rings. The summed E-state index contributed by atoms with van der Waals surface area (Å²) < 4.78 is 12.9. The molecule has 0 radical (unpaired) electrons. The van der Waals surface area contributed by atoms with Crippen molar-refractivity contribution in [3.8, 4) is 11.4 Å². The van der Waals surface area contributed by atoms with Gasteiger partial charge >= 0.3 is 5.97 Å². The highest BCUT2D eigenvalue weighted by Crippen LogP contribution is 2.35. The molecule has 0 N–H and O–H groups in total. The smallest absolute Gasteiger partial charge is 0.306 e. The Morgan fingerprint density at radius 3 is 2.32 bits per heavy atom. The summed E-state index contributed by atoms with van der Waals surface area (Å²) in [5.74, 6) is 2.06. The van der Waals surface area contributed by atoms with E-state index in [9.17, 15) is 9.59 Å². The summed E-state index contributed by atoms with van der Waals surface area (Å²) in [7, 11) is 1.63. The van der Waals surface area contributed by atoms with E-state index in [0.717, 1.165) is 60.5 Å². The number of ketones is 1. The van der Waals surface area contributed by atoms with E-state index >= 15 is 0 Å². The molecule has 4 rings (SSSR count). The van der Waals surface area contributed by atoms with Crippen molar-refractivity contribution in [1.29, 1.82) is 0 Å². The van der Waals surface area contributed by atoms with Crippen LogP contribution in [0.3, 0.4) is 0 Å². The van der Waals surface area contributed by atoms with Gasteiger partial charge in [-0.05, 0) is 70.9 Å². The molecule has 8 nitrogen and oxygen atoms in total. The number of methoxy groups -OCH3 is 1. The largest absolute Gasteiger partial charge is 0.497 e. The quantitative estimate of drug-likeness (QED) is 0.167. The summed E-state index contributed by atoms with van der Waals surface area (Å²) in [6.45, 7) is 7.53. The molecule has 2 heterocycles. The van der Waals surface area contributed by atoms with Crippen molar-refractivity contribution < 1.29 is 19.1 Å². The van der Waals surface area contributed by atoms with Gasteiger partial charge in [0.2, 0.25) is 0 Å². The van der Waals surface area contributed by atoms with Gasteiger partial charge in [-0.1, -0.05) is 43.0 Å². The molecule has 1 aliphatic heterocycles. The fraction of sp³-hybridized carbons (Fsp3) is 0.469. The summed E-state index contributed by atoms with van der Waals surface area (Å²) in [5.41, 5.74) is 2.96. The predicted octanol–water partition coefficient (Wildman–Crippen LogP) is 7.16. The molecule has 0 spiro atoms. The third-order valence-electron chi connectivity index (χ3n) is 6.93. The Bertz CT molecular complexity index is 1410. The number of unbranched alkanes of at least 4 members (excludes halogenated alkanes) is 4. The first kappa shape index (κ1) is 30.4. The minimum Gasteiger partial charge on any atom is -0.497 e. The van der Waals surface area contributed by atoms with Crippen LogP contribution in [-0.2, 0) is 14.3 Å². The van der Waals surface area contributed by atoms with Gasteiger partial charge in [0.15, 0.2) is 5.82 Å². The number of ether oxygens (including phenoxy) is 2. The lowest BCUT2D eigenvalue weighted by Crippen LogP contribution is -2.23. The molecule has 0 fully saturated rings. The van der Waals surface area contributed by atoms with Crippen LogP contribution in [0.25, 0.3) is 5.69 Å². The van der Waals surface area contributed by atoms with Crippen LogP contribution in [0.15, 0.2) is 47.5 Å². The van der Waals surface area contributed by atoms with Crippen LogP contribution in [0, 0.1) is 6.92 Å². The summed E-state index contributed by atoms with van der Waals surface area (Å²) in [4.78, 5) is 30.2. The van der Waals surface area contributed by atoms with Gasteiger partial charge in [0.25, 0.3) is 0 Å². The Hall–Kier alpha value is -3.52. The molecule has 41 heavy (non-hydrogen) atoms. The Morgan fingerprint density at radius 2 is 1.63 bits per heavy atom. The number of rotatable bonds is 12. The number of nitrogens with zero attached hydrogens (tertiary/aromatic N) is 4. The average Bonchev–Trinajstić information content (AvgIpc) is 3.24. The minimum absolute atomic E-state index is 0.138. The van der Waals surface area contributed by atoms with Gasteiger partial charge in [-0.25, -0.2) is 0 Å². The zero-order valence-electron chi connectivity index (χ0n) is 24.6. The third-order valence-corrected chi connectivity index (χ3v) is 7.18. The van der Waals surface area contributed by atoms with Crippen LogP contribution >= 0.6 is 11.6 Å². The van der Waals surface area contributed by atoms with E-state index in [1.54, 1.807) is 7.11 Å². The number of carbonyl (C=O) groups is 2. The van der Waals surface area contributed by atoms with Crippen LogP contribution < -0.4 is 4.74 Å². The molecule has 9 heteroatoms. The summed E-state index contributed by atoms with van der Waals surface area (Å²) in [5, 5.41) is 9.44. The van der Waals surface area contributed by atoms with Gasteiger partial charge in [-0.15, -0.1) is 10.2 Å². The second kappa shape index (κ2) is 13.4. The molecule has 0 bridgehead atoms. The van der Waals surface area contributed by atoms with E-state index in [4.69, 9.17) is 26.1 Å². The minimum atomic E-state index is -0.485. The standard InChI is InChI=1S/C32H39ClN4O4/c1-21-35-36-31-27(19-24(38)11-9-7-6-8-10-12-29(39)41-32(2,3)4)34-30(22-13-15-23(33)16-14-22)26-20-25(40-5)17-18-28(26)37(21)31/h13-18,20,27H,6-12,19H2,1-5H3. The van der Waals surface area contributed by atoms with Gasteiger partial charge in [0.05, 0.1) is 18.5 Å². The molecular formula is C32H39ClN4O4. The SMILES string of the molecule is COc1ccc2c(c1)C(c1ccc(Cl)cc1)=NC(CC(=O)CCCCCCCC(=O)OC(C)(C)C)c1nnc(C)n1-2. The molecule has 3 aromatic rings. The maximum absolute atomic E-state index is 13.2. The Morgan fingerprint density at radius 1 is 0.951 bits per heavy atom.